The Morgan fingerprint density at radius 2 is 2.05 bits per heavy atom. The van der Waals surface area contributed by atoms with E-state index >= 15 is 0 Å². The largest absolute Gasteiger partial charge is 0.330 e. The third-order valence-corrected chi connectivity index (χ3v) is 3.98. The van der Waals surface area contributed by atoms with Crippen molar-refractivity contribution in [2.45, 2.75) is 0 Å². The van der Waals surface area contributed by atoms with E-state index in [0.29, 0.717) is 15.4 Å². The van der Waals surface area contributed by atoms with Crippen molar-refractivity contribution in [3.8, 4) is 11.8 Å². The molecular formula is C14H7BrClN3S. The van der Waals surface area contributed by atoms with Crippen LogP contribution in [0.15, 0.2) is 40.9 Å². The Morgan fingerprint density at radius 3 is 2.80 bits per heavy atom. The summed E-state index contributed by atoms with van der Waals surface area (Å²) in [4.78, 5) is 3.12. The Bertz CT molecular complexity index is 920. The van der Waals surface area contributed by atoms with Gasteiger partial charge in [-0.15, -0.1) is 0 Å². The number of nitrogens with one attached hydrogen (secondary N) is 1. The lowest BCUT2D eigenvalue weighted by molar-refractivity contribution is 1.06. The highest BCUT2D eigenvalue weighted by molar-refractivity contribution is 9.10. The number of H-pyrrole nitrogens is 1. The van der Waals surface area contributed by atoms with Crippen molar-refractivity contribution in [1.29, 1.82) is 5.26 Å². The molecule has 6 heteroatoms. The van der Waals surface area contributed by atoms with Gasteiger partial charge in [-0.1, -0.05) is 27.5 Å². The molecule has 0 saturated carbocycles. The lowest BCUT2D eigenvalue weighted by atomic mass is 10.2. The van der Waals surface area contributed by atoms with Gasteiger partial charge < -0.3 is 4.98 Å². The van der Waals surface area contributed by atoms with E-state index in [4.69, 9.17) is 23.8 Å². The first-order chi connectivity index (χ1) is 9.60. The molecule has 3 aromatic rings. The monoisotopic (exact) mass is 363 g/mol. The first-order valence-corrected chi connectivity index (χ1v) is 7.28. The summed E-state index contributed by atoms with van der Waals surface area (Å²) in [6.45, 7) is 0. The fourth-order valence-corrected chi connectivity index (χ4v) is 2.92. The highest BCUT2D eigenvalue weighted by Crippen LogP contribution is 2.26. The molecule has 0 bridgehead atoms. The molecule has 3 rings (SSSR count). The molecule has 1 N–H and O–H groups in total. The van der Waals surface area contributed by atoms with E-state index in [2.05, 4.69) is 27.0 Å². The molecule has 0 atom stereocenters. The SMILES string of the molecule is N#Cc1ccc(Br)cc1-n1c(=S)[nH]c2ccc(Cl)cc21. The summed E-state index contributed by atoms with van der Waals surface area (Å²) in [6.07, 6.45) is 0. The zero-order valence-electron chi connectivity index (χ0n) is 10.0. The number of aromatic amines is 1. The van der Waals surface area contributed by atoms with Gasteiger partial charge in [-0.2, -0.15) is 5.26 Å². The van der Waals surface area contributed by atoms with Crippen LogP contribution in [0.2, 0.25) is 5.02 Å². The minimum absolute atomic E-state index is 0.525. The number of aromatic nitrogens is 2. The van der Waals surface area contributed by atoms with Crippen LogP contribution in [-0.4, -0.2) is 9.55 Å². The number of rotatable bonds is 1. The van der Waals surface area contributed by atoms with Gasteiger partial charge >= 0.3 is 0 Å². The minimum atomic E-state index is 0.525. The van der Waals surface area contributed by atoms with Crippen molar-refractivity contribution in [1.82, 2.24) is 9.55 Å². The maximum atomic E-state index is 9.28. The maximum absolute atomic E-state index is 9.28. The lowest BCUT2D eigenvalue weighted by Gasteiger charge is -2.07. The van der Waals surface area contributed by atoms with Gasteiger partial charge in [0.15, 0.2) is 4.77 Å². The molecule has 1 heterocycles. The Kier molecular flexibility index (Phi) is 3.38. The second-order valence-electron chi connectivity index (χ2n) is 4.20. The van der Waals surface area contributed by atoms with Crippen molar-refractivity contribution in [2.75, 3.05) is 0 Å². The van der Waals surface area contributed by atoms with E-state index in [1.54, 1.807) is 12.1 Å². The van der Waals surface area contributed by atoms with E-state index in [0.717, 1.165) is 21.2 Å². The van der Waals surface area contributed by atoms with Crippen LogP contribution in [0, 0.1) is 16.1 Å². The van der Waals surface area contributed by atoms with Gasteiger partial charge in [-0.3, -0.25) is 4.57 Å². The predicted octanol–water partition coefficient (Wildman–Crippen LogP) is 4.98. The number of hydrogen-bond donors (Lipinski definition) is 1. The van der Waals surface area contributed by atoms with E-state index in [-0.39, 0.29) is 0 Å². The van der Waals surface area contributed by atoms with Gasteiger partial charge in [0.25, 0.3) is 0 Å². The van der Waals surface area contributed by atoms with Crippen LogP contribution < -0.4 is 0 Å². The van der Waals surface area contributed by atoms with Gasteiger partial charge in [0, 0.05) is 9.50 Å². The summed E-state index contributed by atoms with van der Waals surface area (Å²) in [5.74, 6) is 0. The molecule has 20 heavy (non-hydrogen) atoms. The van der Waals surface area contributed by atoms with E-state index < -0.39 is 0 Å². The van der Waals surface area contributed by atoms with Gasteiger partial charge in [-0.05, 0) is 48.6 Å². The predicted molar refractivity (Wildman–Crippen MR) is 85.9 cm³/mol. The third-order valence-electron chi connectivity index (χ3n) is 2.97. The van der Waals surface area contributed by atoms with E-state index in [1.807, 2.05) is 28.8 Å². The van der Waals surface area contributed by atoms with Crippen molar-refractivity contribution in [3.63, 3.8) is 0 Å². The fraction of sp³-hybridized carbons (Fsp3) is 0. The molecule has 0 spiro atoms. The Morgan fingerprint density at radius 1 is 1.25 bits per heavy atom. The number of hydrogen-bond acceptors (Lipinski definition) is 2. The summed E-state index contributed by atoms with van der Waals surface area (Å²) >= 11 is 14.8. The van der Waals surface area contributed by atoms with E-state index in [9.17, 15) is 5.26 Å². The normalized spacial score (nSPS) is 10.7. The minimum Gasteiger partial charge on any atom is -0.330 e. The van der Waals surface area contributed by atoms with Crippen LogP contribution in [-0.2, 0) is 0 Å². The number of imidazole rings is 1. The second kappa shape index (κ2) is 5.06. The molecule has 98 valence electrons. The fourth-order valence-electron chi connectivity index (χ4n) is 2.10. The molecule has 3 nitrogen and oxygen atoms in total. The summed E-state index contributed by atoms with van der Waals surface area (Å²) in [5, 5.41) is 9.90. The second-order valence-corrected chi connectivity index (χ2v) is 5.94. The van der Waals surface area contributed by atoms with Crippen LogP contribution >= 0.6 is 39.7 Å². The van der Waals surface area contributed by atoms with Gasteiger partial charge in [0.1, 0.15) is 6.07 Å². The maximum Gasteiger partial charge on any atom is 0.182 e. The van der Waals surface area contributed by atoms with Crippen LogP contribution in [0.5, 0.6) is 0 Å². The van der Waals surface area contributed by atoms with Gasteiger partial charge in [0.05, 0.1) is 22.3 Å². The molecule has 0 saturated heterocycles. The highest BCUT2D eigenvalue weighted by atomic mass is 79.9. The smallest absolute Gasteiger partial charge is 0.182 e. The molecule has 0 aliphatic carbocycles. The molecule has 1 aromatic heterocycles. The highest BCUT2D eigenvalue weighted by Gasteiger charge is 2.11. The number of nitrogens with zero attached hydrogens (tertiary/aromatic N) is 2. The molecule has 0 fully saturated rings. The topological polar surface area (TPSA) is 44.5 Å². The quantitative estimate of drug-likeness (QED) is 0.619. The van der Waals surface area contributed by atoms with Gasteiger partial charge in [0.2, 0.25) is 0 Å². The average Bonchev–Trinajstić information content (AvgIpc) is 2.74. The average molecular weight is 365 g/mol. The van der Waals surface area contributed by atoms with Crippen molar-refractivity contribution >= 4 is 50.8 Å². The van der Waals surface area contributed by atoms with Crippen molar-refractivity contribution < 1.29 is 0 Å². The zero-order chi connectivity index (χ0) is 14.3. The third kappa shape index (κ3) is 2.16. The first-order valence-electron chi connectivity index (χ1n) is 5.70. The summed E-state index contributed by atoms with van der Waals surface area (Å²) in [5.41, 5.74) is 2.99. The molecule has 0 amide bonds. The molecule has 2 aromatic carbocycles. The summed E-state index contributed by atoms with van der Waals surface area (Å²) in [7, 11) is 0. The van der Waals surface area contributed by atoms with E-state index in [1.165, 1.54) is 0 Å². The molecule has 0 radical (unpaired) electrons. The zero-order valence-corrected chi connectivity index (χ0v) is 13.2. The van der Waals surface area contributed by atoms with Crippen molar-refractivity contribution in [3.05, 3.63) is 56.2 Å². The van der Waals surface area contributed by atoms with Crippen LogP contribution in [0.4, 0.5) is 0 Å². The Labute approximate surface area is 133 Å². The number of halogens is 2. The number of fused-ring (bicyclic) bond motifs is 1. The van der Waals surface area contributed by atoms with Crippen LogP contribution in [0.1, 0.15) is 5.56 Å². The number of benzene rings is 2. The van der Waals surface area contributed by atoms with Gasteiger partial charge in [-0.25, -0.2) is 0 Å². The standard InChI is InChI=1S/C14H7BrClN3S/c15-9-2-1-8(7-17)12(5-9)19-13-6-10(16)3-4-11(13)18-14(19)20/h1-6H,(H,18,20). The molecular weight excluding hydrogens is 358 g/mol. The molecule has 0 aliphatic heterocycles. The molecule has 0 aliphatic rings. The lowest BCUT2D eigenvalue weighted by Crippen LogP contribution is -1.97. The summed E-state index contributed by atoms with van der Waals surface area (Å²) < 4.78 is 3.22. The Balaban J connectivity index is 2.44. The number of nitriles is 1. The summed E-state index contributed by atoms with van der Waals surface area (Å²) in [6, 6.07) is 13.1. The van der Waals surface area contributed by atoms with Crippen molar-refractivity contribution in [2.24, 2.45) is 0 Å². The Hall–Kier alpha value is -1.61. The van der Waals surface area contributed by atoms with Crippen LogP contribution in [0.25, 0.3) is 16.7 Å². The molecule has 0 unspecified atom stereocenters. The van der Waals surface area contributed by atoms with Crippen LogP contribution in [0.3, 0.4) is 0 Å². The first kappa shape index (κ1) is 13.4.